The SMILES string of the molecule is COc1ccccc1CC(=O)N1CCC(CCOc2ccccc2)CC1. The van der Waals surface area contributed by atoms with E-state index in [1.54, 1.807) is 7.11 Å². The molecule has 0 radical (unpaired) electrons. The zero-order valence-corrected chi connectivity index (χ0v) is 15.4. The highest BCUT2D eigenvalue weighted by Gasteiger charge is 2.23. The van der Waals surface area contributed by atoms with Crippen molar-refractivity contribution in [1.29, 1.82) is 0 Å². The molecule has 4 heteroatoms. The molecule has 0 atom stereocenters. The molecule has 2 aromatic rings. The lowest BCUT2D eigenvalue weighted by Gasteiger charge is -2.32. The molecule has 1 heterocycles. The van der Waals surface area contributed by atoms with Crippen molar-refractivity contribution >= 4 is 5.91 Å². The predicted octanol–water partition coefficient (Wildman–Crippen LogP) is 3.95. The summed E-state index contributed by atoms with van der Waals surface area (Å²) in [5.41, 5.74) is 0.957. The number of ether oxygens (including phenoxy) is 2. The molecule has 2 aromatic carbocycles. The molecule has 0 bridgehead atoms. The Morgan fingerprint density at radius 2 is 1.73 bits per heavy atom. The molecule has 0 N–H and O–H groups in total. The van der Waals surface area contributed by atoms with E-state index in [1.807, 2.05) is 59.5 Å². The second-order valence-corrected chi connectivity index (χ2v) is 6.76. The quantitative estimate of drug-likeness (QED) is 0.757. The fraction of sp³-hybridized carbons (Fsp3) is 0.409. The average molecular weight is 353 g/mol. The molecule has 0 aromatic heterocycles. The number of methoxy groups -OCH3 is 1. The fourth-order valence-corrected chi connectivity index (χ4v) is 3.45. The van der Waals surface area contributed by atoms with Crippen molar-refractivity contribution in [3.63, 3.8) is 0 Å². The first-order valence-electron chi connectivity index (χ1n) is 9.34. The highest BCUT2D eigenvalue weighted by molar-refractivity contribution is 5.79. The molecule has 0 unspecified atom stereocenters. The Labute approximate surface area is 155 Å². The zero-order chi connectivity index (χ0) is 18.2. The molecule has 3 rings (SSSR count). The Balaban J connectivity index is 1.41. The number of likely N-dealkylation sites (tertiary alicyclic amines) is 1. The molecule has 0 aliphatic carbocycles. The van der Waals surface area contributed by atoms with E-state index in [0.29, 0.717) is 12.3 Å². The molecule has 1 saturated heterocycles. The number of hydrogen-bond acceptors (Lipinski definition) is 3. The number of para-hydroxylation sites is 2. The molecule has 1 fully saturated rings. The average Bonchev–Trinajstić information content (AvgIpc) is 2.70. The van der Waals surface area contributed by atoms with Gasteiger partial charge in [0.15, 0.2) is 0 Å². The number of hydrogen-bond donors (Lipinski definition) is 0. The Morgan fingerprint density at radius 3 is 2.46 bits per heavy atom. The van der Waals surface area contributed by atoms with Crippen LogP contribution >= 0.6 is 0 Å². The van der Waals surface area contributed by atoms with E-state index >= 15 is 0 Å². The van der Waals surface area contributed by atoms with Gasteiger partial charge in [-0.1, -0.05) is 36.4 Å². The van der Waals surface area contributed by atoms with Crippen molar-refractivity contribution in [3.05, 3.63) is 60.2 Å². The van der Waals surface area contributed by atoms with Gasteiger partial charge in [-0.25, -0.2) is 0 Å². The van der Waals surface area contributed by atoms with Crippen LogP contribution in [0.4, 0.5) is 0 Å². The summed E-state index contributed by atoms with van der Waals surface area (Å²) in [6.45, 7) is 2.41. The van der Waals surface area contributed by atoms with Gasteiger partial charge in [-0.15, -0.1) is 0 Å². The van der Waals surface area contributed by atoms with Crippen molar-refractivity contribution in [2.45, 2.75) is 25.7 Å². The minimum absolute atomic E-state index is 0.188. The fourth-order valence-electron chi connectivity index (χ4n) is 3.45. The lowest BCUT2D eigenvalue weighted by atomic mass is 9.93. The van der Waals surface area contributed by atoms with E-state index in [0.717, 1.165) is 56.0 Å². The molecule has 1 amide bonds. The third-order valence-electron chi connectivity index (χ3n) is 5.04. The van der Waals surface area contributed by atoms with E-state index in [1.165, 1.54) is 0 Å². The lowest BCUT2D eigenvalue weighted by Crippen LogP contribution is -2.39. The summed E-state index contributed by atoms with van der Waals surface area (Å²) in [4.78, 5) is 14.6. The first-order chi connectivity index (χ1) is 12.8. The predicted molar refractivity (Wildman–Crippen MR) is 103 cm³/mol. The van der Waals surface area contributed by atoms with Gasteiger partial charge < -0.3 is 14.4 Å². The normalized spacial score (nSPS) is 14.9. The second-order valence-electron chi connectivity index (χ2n) is 6.76. The van der Waals surface area contributed by atoms with Gasteiger partial charge in [-0.2, -0.15) is 0 Å². The molecule has 138 valence electrons. The number of benzene rings is 2. The summed E-state index contributed by atoms with van der Waals surface area (Å²) in [7, 11) is 1.65. The van der Waals surface area contributed by atoms with Gasteiger partial charge in [-0.05, 0) is 43.4 Å². The molecule has 0 spiro atoms. The first-order valence-corrected chi connectivity index (χ1v) is 9.34. The van der Waals surface area contributed by atoms with Crippen LogP contribution in [0.15, 0.2) is 54.6 Å². The monoisotopic (exact) mass is 353 g/mol. The first kappa shape index (κ1) is 18.3. The molecular formula is C22H27NO3. The van der Waals surface area contributed by atoms with Crippen molar-refractivity contribution < 1.29 is 14.3 Å². The Bertz CT molecular complexity index is 694. The van der Waals surface area contributed by atoms with Crippen LogP contribution in [0.1, 0.15) is 24.8 Å². The van der Waals surface area contributed by atoms with E-state index in [-0.39, 0.29) is 5.91 Å². The van der Waals surface area contributed by atoms with Crippen molar-refractivity contribution in [2.24, 2.45) is 5.92 Å². The van der Waals surface area contributed by atoms with E-state index < -0.39 is 0 Å². The number of amides is 1. The van der Waals surface area contributed by atoms with Crippen LogP contribution in [-0.4, -0.2) is 37.6 Å². The Morgan fingerprint density at radius 1 is 1.04 bits per heavy atom. The van der Waals surface area contributed by atoms with Gasteiger partial charge in [0.2, 0.25) is 5.91 Å². The van der Waals surface area contributed by atoms with Crippen molar-refractivity contribution in [2.75, 3.05) is 26.8 Å². The van der Waals surface area contributed by atoms with Crippen LogP contribution in [0.2, 0.25) is 0 Å². The molecular weight excluding hydrogens is 326 g/mol. The summed E-state index contributed by atoms with van der Waals surface area (Å²) in [5.74, 6) is 2.54. The van der Waals surface area contributed by atoms with E-state index in [4.69, 9.17) is 9.47 Å². The van der Waals surface area contributed by atoms with Gasteiger partial charge >= 0.3 is 0 Å². The molecule has 0 saturated carbocycles. The van der Waals surface area contributed by atoms with Crippen LogP contribution < -0.4 is 9.47 Å². The van der Waals surface area contributed by atoms with Crippen molar-refractivity contribution in [3.8, 4) is 11.5 Å². The number of nitrogens with zero attached hydrogens (tertiary/aromatic N) is 1. The van der Waals surface area contributed by atoms with Crippen LogP contribution in [0.3, 0.4) is 0 Å². The van der Waals surface area contributed by atoms with Gasteiger partial charge in [0.1, 0.15) is 11.5 Å². The number of rotatable bonds is 7. The Kier molecular flexibility index (Phi) is 6.53. The molecule has 1 aliphatic heterocycles. The summed E-state index contributed by atoms with van der Waals surface area (Å²) in [6.07, 6.45) is 3.56. The van der Waals surface area contributed by atoms with Gasteiger partial charge in [-0.3, -0.25) is 4.79 Å². The largest absolute Gasteiger partial charge is 0.496 e. The maximum absolute atomic E-state index is 12.6. The number of carbonyl (C=O) groups excluding carboxylic acids is 1. The van der Waals surface area contributed by atoms with Crippen LogP contribution in [0, 0.1) is 5.92 Å². The van der Waals surface area contributed by atoms with Crippen LogP contribution in [0.25, 0.3) is 0 Å². The lowest BCUT2D eigenvalue weighted by molar-refractivity contribution is -0.131. The topological polar surface area (TPSA) is 38.8 Å². The van der Waals surface area contributed by atoms with Crippen LogP contribution in [0.5, 0.6) is 11.5 Å². The van der Waals surface area contributed by atoms with Crippen LogP contribution in [-0.2, 0) is 11.2 Å². The number of carbonyl (C=O) groups is 1. The summed E-state index contributed by atoms with van der Waals surface area (Å²) < 4.78 is 11.1. The highest BCUT2D eigenvalue weighted by Crippen LogP contribution is 2.23. The molecule has 4 nitrogen and oxygen atoms in total. The van der Waals surface area contributed by atoms with E-state index in [2.05, 4.69) is 0 Å². The highest BCUT2D eigenvalue weighted by atomic mass is 16.5. The summed E-state index contributed by atoms with van der Waals surface area (Å²) in [5, 5.41) is 0. The third-order valence-corrected chi connectivity index (χ3v) is 5.04. The minimum Gasteiger partial charge on any atom is -0.496 e. The smallest absolute Gasteiger partial charge is 0.227 e. The molecule has 1 aliphatic rings. The maximum Gasteiger partial charge on any atom is 0.227 e. The Hall–Kier alpha value is -2.49. The molecule has 26 heavy (non-hydrogen) atoms. The zero-order valence-electron chi connectivity index (χ0n) is 15.4. The summed E-state index contributed by atoms with van der Waals surface area (Å²) in [6, 6.07) is 17.7. The van der Waals surface area contributed by atoms with Gasteiger partial charge in [0.25, 0.3) is 0 Å². The number of piperidine rings is 1. The van der Waals surface area contributed by atoms with Crippen molar-refractivity contribution in [1.82, 2.24) is 4.90 Å². The van der Waals surface area contributed by atoms with E-state index in [9.17, 15) is 4.79 Å². The minimum atomic E-state index is 0.188. The third kappa shape index (κ3) is 5.01. The van der Waals surface area contributed by atoms with Gasteiger partial charge in [0.05, 0.1) is 20.1 Å². The van der Waals surface area contributed by atoms with Gasteiger partial charge in [0, 0.05) is 18.7 Å². The summed E-state index contributed by atoms with van der Waals surface area (Å²) >= 11 is 0. The maximum atomic E-state index is 12.6. The second kappa shape index (κ2) is 9.27. The standard InChI is InChI=1S/C22H27NO3/c1-25-21-10-6-5-7-19(21)17-22(24)23-14-11-18(12-15-23)13-16-26-20-8-3-2-4-9-20/h2-10,18H,11-17H2,1H3.